The first-order valence-electron chi connectivity index (χ1n) is 3.25. The lowest BCUT2D eigenvalue weighted by molar-refractivity contribution is -0.0953. The number of ether oxygens (including phenoxy) is 1. The third kappa shape index (κ3) is 1.91. The SMILES string of the molecule is N#CCC1(C[SH](=O)=O)COC1. The molecule has 0 aromatic carbocycles. The van der Waals surface area contributed by atoms with E-state index in [9.17, 15) is 8.42 Å². The van der Waals surface area contributed by atoms with Crippen LogP contribution < -0.4 is 0 Å². The number of hydrogen-bond acceptors (Lipinski definition) is 4. The second-order valence-corrected chi connectivity index (χ2v) is 3.80. The molecule has 0 amide bonds. The lowest BCUT2D eigenvalue weighted by Crippen LogP contribution is -2.45. The quantitative estimate of drug-likeness (QED) is 0.589. The minimum atomic E-state index is -2.39. The second-order valence-electron chi connectivity index (χ2n) is 2.82. The van der Waals surface area contributed by atoms with Crippen molar-refractivity contribution in [2.45, 2.75) is 6.42 Å². The first kappa shape index (κ1) is 8.50. The van der Waals surface area contributed by atoms with Gasteiger partial charge < -0.3 is 4.74 Å². The smallest absolute Gasteiger partial charge is 0.140 e. The fraction of sp³-hybridized carbons (Fsp3) is 0.833. The van der Waals surface area contributed by atoms with Gasteiger partial charge in [-0.1, -0.05) is 0 Å². The Kier molecular flexibility index (Phi) is 2.47. The summed E-state index contributed by atoms with van der Waals surface area (Å²) in [5.41, 5.74) is -0.385. The zero-order valence-corrected chi connectivity index (χ0v) is 6.84. The predicted molar refractivity (Wildman–Crippen MR) is 38.7 cm³/mol. The van der Waals surface area contributed by atoms with E-state index in [1.54, 1.807) is 0 Å². The van der Waals surface area contributed by atoms with Crippen LogP contribution in [0.3, 0.4) is 0 Å². The van der Waals surface area contributed by atoms with E-state index < -0.39 is 10.7 Å². The lowest BCUT2D eigenvalue weighted by atomic mass is 9.85. The van der Waals surface area contributed by atoms with Gasteiger partial charge in [0.15, 0.2) is 0 Å². The van der Waals surface area contributed by atoms with E-state index in [0.717, 1.165) is 0 Å². The molecule has 1 saturated heterocycles. The minimum absolute atomic E-state index is 0.0793. The lowest BCUT2D eigenvalue weighted by Gasteiger charge is -2.37. The van der Waals surface area contributed by atoms with Crippen LogP contribution in [-0.2, 0) is 15.4 Å². The molecule has 0 unspecified atom stereocenters. The van der Waals surface area contributed by atoms with Crippen LogP contribution in [0.1, 0.15) is 6.42 Å². The van der Waals surface area contributed by atoms with E-state index in [-0.39, 0.29) is 17.6 Å². The van der Waals surface area contributed by atoms with Gasteiger partial charge in [0.1, 0.15) is 10.7 Å². The highest BCUT2D eigenvalue weighted by atomic mass is 32.2. The molecule has 62 valence electrons. The molecular formula is C6H9NO3S. The van der Waals surface area contributed by atoms with E-state index in [4.69, 9.17) is 10.00 Å². The second kappa shape index (κ2) is 3.20. The fourth-order valence-electron chi connectivity index (χ4n) is 1.08. The average Bonchev–Trinajstić information content (AvgIpc) is 1.82. The Morgan fingerprint density at radius 3 is 2.45 bits per heavy atom. The molecule has 1 fully saturated rings. The van der Waals surface area contributed by atoms with Crippen molar-refractivity contribution in [3.05, 3.63) is 0 Å². The molecule has 0 saturated carbocycles. The maximum absolute atomic E-state index is 10.4. The molecule has 1 aliphatic rings. The highest BCUT2D eigenvalue weighted by molar-refractivity contribution is 7.72. The van der Waals surface area contributed by atoms with Gasteiger partial charge in [0.25, 0.3) is 0 Å². The maximum atomic E-state index is 10.4. The van der Waals surface area contributed by atoms with Crippen molar-refractivity contribution in [3.8, 4) is 6.07 Å². The summed E-state index contributed by atoms with van der Waals surface area (Å²) in [5.74, 6) is 0.0793. The molecule has 5 heteroatoms. The zero-order chi connectivity index (χ0) is 8.32. The van der Waals surface area contributed by atoms with E-state index in [0.29, 0.717) is 13.2 Å². The van der Waals surface area contributed by atoms with Crippen LogP contribution in [-0.4, -0.2) is 27.4 Å². The molecule has 0 aromatic heterocycles. The van der Waals surface area contributed by atoms with Crippen LogP contribution in [0.5, 0.6) is 0 Å². The van der Waals surface area contributed by atoms with Gasteiger partial charge in [0, 0.05) is 11.8 Å². The number of nitrogens with zero attached hydrogens (tertiary/aromatic N) is 1. The van der Waals surface area contributed by atoms with Crippen LogP contribution in [0, 0.1) is 16.7 Å². The van der Waals surface area contributed by atoms with E-state index in [2.05, 4.69) is 0 Å². The van der Waals surface area contributed by atoms with Crippen LogP contribution in [0.2, 0.25) is 0 Å². The number of nitriles is 1. The first-order valence-corrected chi connectivity index (χ1v) is 4.61. The minimum Gasteiger partial charge on any atom is -0.380 e. The molecule has 11 heavy (non-hydrogen) atoms. The van der Waals surface area contributed by atoms with Crippen molar-refractivity contribution in [1.82, 2.24) is 0 Å². The summed E-state index contributed by atoms with van der Waals surface area (Å²) >= 11 is 0. The number of thiol groups is 1. The Bertz CT molecular complexity index is 241. The molecule has 1 rings (SSSR count). The summed E-state index contributed by atoms with van der Waals surface area (Å²) in [4.78, 5) is 0. The molecule has 0 atom stereocenters. The van der Waals surface area contributed by atoms with Gasteiger partial charge in [-0.2, -0.15) is 5.26 Å². The summed E-state index contributed by atoms with van der Waals surface area (Å²) in [6, 6.07) is 1.97. The molecule has 0 N–H and O–H groups in total. The molecule has 0 aromatic rings. The van der Waals surface area contributed by atoms with Crippen molar-refractivity contribution >= 4 is 10.7 Å². The van der Waals surface area contributed by atoms with Gasteiger partial charge in [0.2, 0.25) is 0 Å². The number of hydrogen-bond donors (Lipinski definition) is 1. The highest BCUT2D eigenvalue weighted by Crippen LogP contribution is 2.30. The highest BCUT2D eigenvalue weighted by Gasteiger charge is 2.39. The van der Waals surface area contributed by atoms with Crippen molar-refractivity contribution in [3.63, 3.8) is 0 Å². The first-order chi connectivity index (χ1) is 5.18. The maximum Gasteiger partial charge on any atom is 0.140 e. The van der Waals surface area contributed by atoms with Gasteiger partial charge in [-0.25, -0.2) is 8.42 Å². The largest absolute Gasteiger partial charge is 0.380 e. The van der Waals surface area contributed by atoms with Gasteiger partial charge >= 0.3 is 0 Å². The van der Waals surface area contributed by atoms with Crippen molar-refractivity contribution < 1.29 is 13.2 Å². The van der Waals surface area contributed by atoms with Crippen molar-refractivity contribution in [2.24, 2.45) is 5.41 Å². The predicted octanol–water partition coefficient (Wildman–Crippen LogP) is -0.472. The molecule has 1 heterocycles. The third-order valence-corrected chi connectivity index (χ3v) is 2.66. The van der Waals surface area contributed by atoms with Crippen molar-refractivity contribution in [1.29, 1.82) is 5.26 Å². The van der Waals surface area contributed by atoms with Gasteiger partial charge in [-0.15, -0.1) is 0 Å². The number of rotatable bonds is 3. The topological polar surface area (TPSA) is 67.2 Å². The summed E-state index contributed by atoms with van der Waals surface area (Å²) in [5, 5.41) is 8.38. The van der Waals surface area contributed by atoms with Crippen LogP contribution in [0.4, 0.5) is 0 Å². The standard InChI is InChI=1S/C6H9NO3S/c7-2-1-6(3-10-4-6)5-11(8)9/h11H,1,3-5H2. The molecule has 1 aliphatic heterocycles. The molecule has 4 nitrogen and oxygen atoms in total. The van der Waals surface area contributed by atoms with Gasteiger partial charge in [-0.05, 0) is 0 Å². The molecule has 0 spiro atoms. The van der Waals surface area contributed by atoms with E-state index >= 15 is 0 Å². The Labute approximate surface area is 66.7 Å². The van der Waals surface area contributed by atoms with E-state index in [1.165, 1.54) is 0 Å². The Morgan fingerprint density at radius 2 is 2.18 bits per heavy atom. The normalized spacial score (nSPS) is 20.7. The molecule has 0 radical (unpaired) electrons. The fourth-order valence-corrected chi connectivity index (χ4v) is 1.92. The Morgan fingerprint density at radius 1 is 1.55 bits per heavy atom. The van der Waals surface area contributed by atoms with Crippen LogP contribution in [0.25, 0.3) is 0 Å². The van der Waals surface area contributed by atoms with Crippen LogP contribution >= 0.6 is 0 Å². The Balaban J connectivity index is 2.54. The van der Waals surface area contributed by atoms with Crippen LogP contribution in [0.15, 0.2) is 0 Å². The zero-order valence-electron chi connectivity index (χ0n) is 5.95. The Hall–Kier alpha value is -0.600. The van der Waals surface area contributed by atoms with E-state index in [1.807, 2.05) is 6.07 Å². The summed E-state index contributed by atoms with van der Waals surface area (Å²) in [6.45, 7) is 0.813. The monoisotopic (exact) mass is 175 g/mol. The van der Waals surface area contributed by atoms with Gasteiger partial charge in [0.05, 0.1) is 25.0 Å². The van der Waals surface area contributed by atoms with Crippen molar-refractivity contribution in [2.75, 3.05) is 19.0 Å². The molecule has 0 bridgehead atoms. The summed E-state index contributed by atoms with van der Waals surface area (Å²) < 4.78 is 25.6. The molecular weight excluding hydrogens is 166 g/mol. The molecule has 0 aliphatic carbocycles. The summed E-state index contributed by atoms with van der Waals surface area (Å²) in [6.07, 6.45) is 0.274. The average molecular weight is 175 g/mol. The summed E-state index contributed by atoms with van der Waals surface area (Å²) in [7, 11) is -2.39. The third-order valence-electron chi connectivity index (χ3n) is 1.74. The van der Waals surface area contributed by atoms with Gasteiger partial charge in [-0.3, -0.25) is 0 Å².